The smallest absolute Gasteiger partial charge is 0.0593 e. The normalized spacial score (nSPS) is 11.2. The summed E-state index contributed by atoms with van der Waals surface area (Å²) < 4.78 is 10.4. The van der Waals surface area contributed by atoms with Crippen LogP contribution >= 0.6 is 0 Å². The van der Waals surface area contributed by atoms with Crippen molar-refractivity contribution < 1.29 is 9.47 Å². The Morgan fingerprint density at radius 3 is 2.13 bits per heavy atom. The number of nitrogens with zero attached hydrogens (tertiary/aromatic N) is 1. The molecule has 0 saturated carbocycles. The predicted molar refractivity (Wildman–Crippen MR) is 61.9 cm³/mol. The zero-order valence-electron chi connectivity index (χ0n) is 9.78. The van der Waals surface area contributed by atoms with E-state index in [0.717, 1.165) is 45.9 Å². The summed E-state index contributed by atoms with van der Waals surface area (Å²) in [5.74, 6) is 0. The van der Waals surface area contributed by atoms with Crippen molar-refractivity contribution in [1.82, 2.24) is 4.90 Å². The van der Waals surface area contributed by atoms with Crippen LogP contribution in [0.1, 0.15) is 6.42 Å². The van der Waals surface area contributed by atoms with E-state index in [0.29, 0.717) is 13.1 Å². The molecule has 0 amide bonds. The molecule has 5 nitrogen and oxygen atoms in total. The molecule has 0 aromatic carbocycles. The van der Waals surface area contributed by atoms with Crippen LogP contribution in [-0.4, -0.2) is 64.6 Å². The van der Waals surface area contributed by atoms with E-state index in [2.05, 4.69) is 4.90 Å². The van der Waals surface area contributed by atoms with Gasteiger partial charge in [-0.05, 0) is 6.42 Å². The average Bonchev–Trinajstić information content (AvgIpc) is 2.24. The fraction of sp³-hybridized carbons (Fsp3) is 1.00. The van der Waals surface area contributed by atoms with Gasteiger partial charge in [0.15, 0.2) is 0 Å². The maximum Gasteiger partial charge on any atom is 0.0593 e. The maximum absolute atomic E-state index is 5.49. The van der Waals surface area contributed by atoms with Crippen LogP contribution in [0.3, 0.4) is 0 Å². The van der Waals surface area contributed by atoms with E-state index in [1.165, 1.54) is 0 Å². The van der Waals surface area contributed by atoms with Gasteiger partial charge in [-0.2, -0.15) is 0 Å². The standard InChI is InChI=1S/C10H25N3O2/c1-14-8-2-9-15-10-7-13(5-3-11)6-4-12/h2-12H2,1H3. The van der Waals surface area contributed by atoms with E-state index >= 15 is 0 Å². The van der Waals surface area contributed by atoms with Gasteiger partial charge in [0.05, 0.1) is 6.61 Å². The molecule has 0 bridgehead atoms. The van der Waals surface area contributed by atoms with E-state index in [1.807, 2.05) is 0 Å². The minimum Gasteiger partial charge on any atom is -0.385 e. The number of hydrogen-bond acceptors (Lipinski definition) is 5. The van der Waals surface area contributed by atoms with Gasteiger partial charge in [-0.1, -0.05) is 0 Å². The largest absolute Gasteiger partial charge is 0.385 e. The second-order valence-corrected chi connectivity index (χ2v) is 3.38. The fourth-order valence-corrected chi connectivity index (χ4v) is 1.30. The third kappa shape index (κ3) is 10.1. The first-order valence-electron chi connectivity index (χ1n) is 5.54. The highest BCUT2D eigenvalue weighted by Crippen LogP contribution is 1.88. The molecule has 15 heavy (non-hydrogen) atoms. The van der Waals surface area contributed by atoms with E-state index in [-0.39, 0.29) is 0 Å². The molecule has 0 fully saturated rings. The van der Waals surface area contributed by atoms with Crippen LogP contribution in [0.25, 0.3) is 0 Å². The van der Waals surface area contributed by atoms with Crippen molar-refractivity contribution in [1.29, 1.82) is 0 Å². The second-order valence-electron chi connectivity index (χ2n) is 3.38. The summed E-state index contributed by atoms with van der Waals surface area (Å²) in [7, 11) is 1.70. The molecule has 0 saturated heterocycles. The Balaban J connectivity index is 3.28. The van der Waals surface area contributed by atoms with Gasteiger partial charge in [-0.3, -0.25) is 4.90 Å². The Morgan fingerprint density at radius 2 is 1.60 bits per heavy atom. The number of ether oxygens (including phenoxy) is 2. The lowest BCUT2D eigenvalue weighted by Crippen LogP contribution is -2.36. The molecule has 92 valence electrons. The molecular formula is C10H25N3O2. The molecule has 0 rings (SSSR count). The van der Waals surface area contributed by atoms with Crippen LogP contribution < -0.4 is 11.5 Å². The van der Waals surface area contributed by atoms with Crippen LogP contribution in [0.5, 0.6) is 0 Å². The van der Waals surface area contributed by atoms with Crippen LogP contribution in [0.15, 0.2) is 0 Å². The summed E-state index contributed by atoms with van der Waals surface area (Å²) in [6.45, 7) is 6.28. The molecule has 4 N–H and O–H groups in total. The van der Waals surface area contributed by atoms with Crippen LogP contribution in [0.4, 0.5) is 0 Å². The predicted octanol–water partition coefficient (Wildman–Crippen LogP) is -0.741. The fourth-order valence-electron chi connectivity index (χ4n) is 1.30. The second kappa shape index (κ2) is 11.9. The Bertz CT molecular complexity index is 119. The lowest BCUT2D eigenvalue weighted by molar-refractivity contribution is 0.0849. The summed E-state index contributed by atoms with van der Waals surface area (Å²) in [5, 5.41) is 0. The minimum atomic E-state index is 0.670. The first-order chi connectivity index (χ1) is 7.35. The molecule has 0 unspecified atom stereocenters. The highest BCUT2D eigenvalue weighted by Gasteiger charge is 2.01. The zero-order chi connectivity index (χ0) is 11.4. The molecule has 0 heterocycles. The van der Waals surface area contributed by atoms with E-state index < -0.39 is 0 Å². The van der Waals surface area contributed by atoms with Gasteiger partial charge in [-0.25, -0.2) is 0 Å². The lowest BCUT2D eigenvalue weighted by atomic mass is 10.4. The number of rotatable bonds is 11. The van der Waals surface area contributed by atoms with Gasteiger partial charge in [0.2, 0.25) is 0 Å². The van der Waals surface area contributed by atoms with Crippen molar-refractivity contribution >= 4 is 0 Å². The molecule has 0 radical (unpaired) electrons. The van der Waals surface area contributed by atoms with E-state index in [9.17, 15) is 0 Å². The highest BCUT2D eigenvalue weighted by molar-refractivity contribution is 4.58. The first-order valence-corrected chi connectivity index (χ1v) is 5.54. The molecule has 0 aliphatic rings. The van der Waals surface area contributed by atoms with Crippen molar-refractivity contribution in [2.24, 2.45) is 11.5 Å². The molecule has 0 spiro atoms. The number of methoxy groups -OCH3 is 1. The van der Waals surface area contributed by atoms with Gasteiger partial charge in [-0.15, -0.1) is 0 Å². The average molecular weight is 219 g/mol. The topological polar surface area (TPSA) is 73.7 Å². The summed E-state index contributed by atoms with van der Waals surface area (Å²) >= 11 is 0. The van der Waals surface area contributed by atoms with Gasteiger partial charge < -0.3 is 20.9 Å². The molecule has 5 heteroatoms. The van der Waals surface area contributed by atoms with E-state index in [1.54, 1.807) is 7.11 Å². The van der Waals surface area contributed by atoms with E-state index in [4.69, 9.17) is 20.9 Å². The highest BCUT2D eigenvalue weighted by atomic mass is 16.5. The number of hydrogen-bond donors (Lipinski definition) is 2. The van der Waals surface area contributed by atoms with Crippen LogP contribution in [0, 0.1) is 0 Å². The molecule has 0 aliphatic carbocycles. The van der Waals surface area contributed by atoms with Gasteiger partial charge in [0.1, 0.15) is 0 Å². The Kier molecular flexibility index (Phi) is 11.7. The van der Waals surface area contributed by atoms with Crippen molar-refractivity contribution in [3.63, 3.8) is 0 Å². The van der Waals surface area contributed by atoms with Crippen molar-refractivity contribution in [2.45, 2.75) is 6.42 Å². The molecule has 0 aromatic heterocycles. The van der Waals surface area contributed by atoms with Gasteiger partial charge in [0.25, 0.3) is 0 Å². The Hall–Kier alpha value is -0.200. The first kappa shape index (κ1) is 14.8. The van der Waals surface area contributed by atoms with Crippen LogP contribution in [-0.2, 0) is 9.47 Å². The van der Waals surface area contributed by atoms with Gasteiger partial charge >= 0.3 is 0 Å². The lowest BCUT2D eigenvalue weighted by Gasteiger charge is -2.20. The van der Waals surface area contributed by atoms with Crippen LogP contribution in [0.2, 0.25) is 0 Å². The van der Waals surface area contributed by atoms with Crippen molar-refractivity contribution in [2.75, 3.05) is 59.7 Å². The summed E-state index contributed by atoms with van der Waals surface area (Å²) in [6.07, 6.45) is 0.949. The third-order valence-electron chi connectivity index (χ3n) is 2.08. The minimum absolute atomic E-state index is 0.670. The van der Waals surface area contributed by atoms with Gasteiger partial charge in [0, 0.05) is 53.0 Å². The van der Waals surface area contributed by atoms with Crippen molar-refractivity contribution in [3.05, 3.63) is 0 Å². The summed E-state index contributed by atoms with van der Waals surface area (Å²) in [5.41, 5.74) is 11.0. The number of nitrogens with two attached hydrogens (primary N) is 2. The van der Waals surface area contributed by atoms with Crippen molar-refractivity contribution in [3.8, 4) is 0 Å². The quantitative estimate of drug-likeness (QED) is 0.448. The molecule has 0 aliphatic heterocycles. The Labute approximate surface area is 92.7 Å². The monoisotopic (exact) mass is 219 g/mol. The molecule has 0 atom stereocenters. The SMILES string of the molecule is COCCCOCCN(CCN)CCN. The zero-order valence-corrected chi connectivity index (χ0v) is 9.78. The summed E-state index contributed by atoms with van der Waals surface area (Å²) in [4.78, 5) is 2.22. The molecular weight excluding hydrogens is 194 g/mol. The summed E-state index contributed by atoms with van der Waals surface area (Å²) in [6, 6.07) is 0. The third-order valence-corrected chi connectivity index (χ3v) is 2.08. The maximum atomic E-state index is 5.49. The molecule has 0 aromatic rings. The Morgan fingerprint density at radius 1 is 0.933 bits per heavy atom.